The van der Waals surface area contributed by atoms with Crippen molar-refractivity contribution < 1.29 is 0 Å². The first kappa shape index (κ1) is 16.5. The van der Waals surface area contributed by atoms with Gasteiger partial charge in [0.25, 0.3) is 0 Å². The topological polar surface area (TPSA) is 94.5 Å². The number of nitrogen functional groups attached to an aromatic ring is 1. The second-order valence-electron chi connectivity index (χ2n) is 7.67. The summed E-state index contributed by atoms with van der Waals surface area (Å²) in [5.41, 5.74) is 10.5. The standard InChI is InChI=1S/C19H23N7/c1-19(2,3)22-18-21-17(20)26(25-18)15-11-13-9-6-8-12-7-4-5-10-14(12)16(13)24-23-15/h4-5,7,10-11H,6,8-9H2,1-3H3,(H3,20,21,22,25). The lowest BCUT2D eigenvalue weighted by molar-refractivity contribution is 0.625. The maximum Gasteiger partial charge on any atom is 0.244 e. The molecule has 0 unspecified atom stereocenters. The molecule has 7 heteroatoms. The van der Waals surface area contributed by atoms with Crippen molar-refractivity contribution in [1.82, 2.24) is 25.0 Å². The number of aryl methyl sites for hydroxylation is 2. The van der Waals surface area contributed by atoms with Gasteiger partial charge in [-0.15, -0.1) is 15.3 Å². The van der Waals surface area contributed by atoms with Gasteiger partial charge in [0.15, 0.2) is 5.82 Å². The number of benzene rings is 1. The number of rotatable bonds is 2. The van der Waals surface area contributed by atoms with Gasteiger partial charge in [-0.1, -0.05) is 24.3 Å². The fourth-order valence-electron chi connectivity index (χ4n) is 3.26. The van der Waals surface area contributed by atoms with Crippen LogP contribution >= 0.6 is 0 Å². The van der Waals surface area contributed by atoms with E-state index in [-0.39, 0.29) is 5.54 Å². The average Bonchev–Trinajstić information content (AvgIpc) is 2.83. The van der Waals surface area contributed by atoms with Crippen molar-refractivity contribution in [2.24, 2.45) is 0 Å². The Hall–Kier alpha value is -2.96. The number of hydrogen-bond donors (Lipinski definition) is 2. The van der Waals surface area contributed by atoms with Crippen molar-refractivity contribution in [3.8, 4) is 17.1 Å². The van der Waals surface area contributed by atoms with Gasteiger partial charge in [0.1, 0.15) is 0 Å². The SMILES string of the molecule is CC(C)(C)Nc1nc(N)n(-c2cc3c(nn2)-c2ccccc2CCC3)n1. The fourth-order valence-corrected chi connectivity index (χ4v) is 3.26. The van der Waals surface area contributed by atoms with Gasteiger partial charge in [-0.3, -0.25) is 0 Å². The summed E-state index contributed by atoms with van der Waals surface area (Å²) < 4.78 is 1.54. The predicted octanol–water partition coefficient (Wildman–Crippen LogP) is 3.01. The van der Waals surface area contributed by atoms with Crippen LogP contribution in [0.1, 0.15) is 38.3 Å². The molecule has 0 saturated heterocycles. The molecule has 26 heavy (non-hydrogen) atoms. The predicted molar refractivity (Wildman–Crippen MR) is 102 cm³/mol. The number of nitrogens with one attached hydrogen (secondary N) is 1. The molecule has 0 spiro atoms. The monoisotopic (exact) mass is 349 g/mol. The molecule has 0 aliphatic heterocycles. The van der Waals surface area contributed by atoms with Crippen LogP contribution in [0.4, 0.5) is 11.9 Å². The highest BCUT2D eigenvalue weighted by Gasteiger charge is 2.20. The van der Waals surface area contributed by atoms with Crippen LogP contribution in [-0.2, 0) is 12.8 Å². The maximum atomic E-state index is 6.06. The minimum atomic E-state index is -0.151. The van der Waals surface area contributed by atoms with E-state index in [0.29, 0.717) is 17.7 Å². The zero-order chi connectivity index (χ0) is 18.3. The Balaban J connectivity index is 1.74. The smallest absolute Gasteiger partial charge is 0.244 e. The largest absolute Gasteiger partial charge is 0.368 e. The molecule has 0 amide bonds. The van der Waals surface area contributed by atoms with Crippen molar-refractivity contribution in [2.45, 2.75) is 45.6 Å². The van der Waals surface area contributed by atoms with Crippen LogP contribution in [0.2, 0.25) is 0 Å². The molecule has 2 heterocycles. The lowest BCUT2D eigenvalue weighted by Crippen LogP contribution is -2.26. The Morgan fingerprint density at radius 3 is 2.65 bits per heavy atom. The van der Waals surface area contributed by atoms with Crippen LogP contribution in [0.5, 0.6) is 0 Å². The molecule has 0 atom stereocenters. The highest BCUT2D eigenvalue weighted by Crippen LogP contribution is 2.31. The first-order chi connectivity index (χ1) is 12.4. The number of hydrogen-bond acceptors (Lipinski definition) is 6. The molecule has 0 saturated carbocycles. The van der Waals surface area contributed by atoms with Crippen LogP contribution in [0.25, 0.3) is 17.1 Å². The van der Waals surface area contributed by atoms with Gasteiger partial charge < -0.3 is 11.1 Å². The van der Waals surface area contributed by atoms with E-state index in [1.807, 2.05) is 32.9 Å². The van der Waals surface area contributed by atoms with E-state index in [2.05, 4.69) is 43.8 Å². The molecule has 134 valence electrons. The summed E-state index contributed by atoms with van der Waals surface area (Å²) in [5, 5.41) is 16.6. The van der Waals surface area contributed by atoms with E-state index in [9.17, 15) is 0 Å². The molecule has 4 rings (SSSR count). The summed E-state index contributed by atoms with van der Waals surface area (Å²) >= 11 is 0. The van der Waals surface area contributed by atoms with Gasteiger partial charge in [-0.2, -0.15) is 9.67 Å². The molecule has 1 aromatic carbocycles. The molecule has 0 fully saturated rings. The van der Waals surface area contributed by atoms with Gasteiger partial charge in [-0.25, -0.2) is 0 Å². The van der Waals surface area contributed by atoms with Gasteiger partial charge in [0.2, 0.25) is 11.9 Å². The van der Waals surface area contributed by atoms with Gasteiger partial charge >= 0.3 is 0 Å². The van der Waals surface area contributed by atoms with Crippen molar-refractivity contribution in [2.75, 3.05) is 11.1 Å². The molecular formula is C19H23N7. The Bertz CT molecular complexity index is 953. The summed E-state index contributed by atoms with van der Waals surface area (Å²) in [6, 6.07) is 10.4. The van der Waals surface area contributed by atoms with Crippen molar-refractivity contribution >= 4 is 11.9 Å². The Morgan fingerprint density at radius 1 is 1.08 bits per heavy atom. The molecule has 2 aromatic heterocycles. The highest BCUT2D eigenvalue weighted by atomic mass is 15.5. The molecule has 3 aromatic rings. The van der Waals surface area contributed by atoms with Crippen LogP contribution in [0.15, 0.2) is 30.3 Å². The molecule has 1 aliphatic rings. The Morgan fingerprint density at radius 2 is 1.85 bits per heavy atom. The van der Waals surface area contributed by atoms with Crippen LogP contribution in [0, 0.1) is 0 Å². The third-order valence-electron chi connectivity index (χ3n) is 4.36. The third kappa shape index (κ3) is 3.12. The van der Waals surface area contributed by atoms with Crippen molar-refractivity contribution in [3.05, 3.63) is 41.5 Å². The molecule has 0 radical (unpaired) electrons. The first-order valence-electron chi connectivity index (χ1n) is 8.87. The van der Waals surface area contributed by atoms with Gasteiger partial charge in [0.05, 0.1) is 5.69 Å². The average molecular weight is 349 g/mol. The van der Waals surface area contributed by atoms with E-state index < -0.39 is 0 Å². The highest BCUT2D eigenvalue weighted by molar-refractivity contribution is 5.68. The fraction of sp³-hybridized carbons (Fsp3) is 0.368. The Labute approximate surface area is 152 Å². The number of nitrogens with zero attached hydrogens (tertiary/aromatic N) is 5. The van der Waals surface area contributed by atoms with Crippen LogP contribution < -0.4 is 11.1 Å². The van der Waals surface area contributed by atoms with E-state index in [1.54, 1.807) is 0 Å². The number of nitrogens with two attached hydrogens (primary N) is 1. The zero-order valence-corrected chi connectivity index (χ0v) is 15.3. The van der Waals surface area contributed by atoms with Crippen LogP contribution in [0.3, 0.4) is 0 Å². The second kappa shape index (κ2) is 6.09. The third-order valence-corrected chi connectivity index (χ3v) is 4.36. The number of aromatic nitrogens is 5. The molecule has 1 aliphatic carbocycles. The summed E-state index contributed by atoms with van der Waals surface area (Å²) in [6.07, 6.45) is 3.08. The van der Waals surface area contributed by atoms with Gasteiger partial charge in [-0.05, 0) is 57.2 Å². The minimum Gasteiger partial charge on any atom is -0.368 e. The van der Waals surface area contributed by atoms with Crippen molar-refractivity contribution in [3.63, 3.8) is 0 Å². The van der Waals surface area contributed by atoms with E-state index in [4.69, 9.17) is 5.73 Å². The molecule has 3 N–H and O–H groups in total. The quantitative estimate of drug-likeness (QED) is 0.738. The number of fused-ring (bicyclic) bond motifs is 3. The Kier molecular flexibility index (Phi) is 3.86. The zero-order valence-electron chi connectivity index (χ0n) is 15.3. The van der Waals surface area contributed by atoms with Gasteiger partial charge in [0, 0.05) is 11.1 Å². The first-order valence-corrected chi connectivity index (χ1v) is 8.87. The van der Waals surface area contributed by atoms with Crippen LogP contribution in [-0.4, -0.2) is 30.5 Å². The lowest BCUT2D eigenvalue weighted by atomic mass is 10.0. The summed E-state index contributed by atoms with van der Waals surface area (Å²) in [4.78, 5) is 4.29. The van der Waals surface area contributed by atoms with E-state index in [0.717, 1.165) is 25.0 Å². The maximum absolute atomic E-state index is 6.06. The summed E-state index contributed by atoms with van der Waals surface area (Å²) in [5.74, 6) is 1.37. The molecular weight excluding hydrogens is 326 g/mol. The van der Waals surface area contributed by atoms with E-state index >= 15 is 0 Å². The molecule has 7 nitrogen and oxygen atoms in total. The normalized spacial score (nSPS) is 13.7. The minimum absolute atomic E-state index is 0.151. The number of anilines is 2. The molecule has 0 bridgehead atoms. The summed E-state index contributed by atoms with van der Waals surface area (Å²) in [7, 11) is 0. The van der Waals surface area contributed by atoms with E-state index in [1.165, 1.54) is 21.4 Å². The lowest BCUT2D eigenvalue weighted by Gasteiger charge is -2.18. The second-order valence-corrected chi connectivity index (χ2v) is 7.67. The summed E-state index contributed by atoms with van der Waals surface area (Å²) in [6.45, 7) is 6.14. The van der Waals surface area contributed by atoms with Crippen molar-refractivity contribution in [1.29, 1.82) is 0 Å².